The van der Waals surface area contributed by atoms with Gasteiger partial charge in [-0.2, -0.15) is 5.26 Å². The summed E-state index contributed by atoms with van der Waals surface area (Å²) in [6.45, 7) is 2.21. The fraction of sp³-hybridized carbons (Fsp3) is 0.588. The molecule has 0 spiro atoms. The van der Waals surface area contributed by atoms with E-state index in [1.807, 2.05) is 6.07 Å². The molecule has 0 bridgehead atoms. The van der Waals surface area contributed by atoms with Crippen LogP contribution in [-0.2, 0) is 0 Å². The van der Waals surface area contributed by atoms with E-state index in [1.165, 1.54) is 12.0 Å². The summed E-state index contributed by atoms with van der Waals surface area (Å²) in [7, 11) is 1.75. The second kappa shape index (κ2) is 7.15. The zero-order chi connectivity index (χ0) is 13.9. The number of hydrogen-bond donors (Lipinski definition) is 1. The van der Waals surface area contributed by atoms with Crippen LogP contribution in [0.2, 0.25) is 0 Å². The van der Waals surface area contributed by atoms with Crippen molar-refractivity contribution in [3.05, 3.63) is 29.8 Å². The van der Waals surface area contributed by atoms with E-state index >= 15 is 0 Å². The van der Waals surface area contributed by atoms with Gasteiger partial charge in [0.05, 0.1) is 13.2 Å². The lowest BCUT2D eigenvalue weighted by Gasteiger charge is -2.38. The normalized spacial score (nSPS) is 30.9. The number of ether oxygens (including phenoxy) is 1. The summed E-state index contributed by atoms with van der Waals surface area (Å²) in [4.78, 5) is 0. The molecular formula is C17H23ClN2O. The molecule has 0 unspecified atom stereocenters. The summed E-state index contributed by atoms with van der Waals surface area (Å²) < 4.78 is 5.56. The van der Waals surface area contributed by atoms with Crippen LogP contribution in [0.15, 0.2) is 24.3 Å². The minimum Gasteiger partial charge on any atom is -0.496 e. The van der Waals surface area contributed by atoms with Crippen molar-refractivity contribution < 1.29 is 4.74 Å². The highest BCUT2D eigenvalue weighted by molar-refractivity contribution is 5.85. The fourth-order valence-corrected chi connectivity index (χ4v) is 4.17. The van der Waals surface area contributed by atoms with Gasteiger partial charge in [-0.1, -0.05) is 18.2 Å². The molecule has 3 nitrogen and oxygen atoms in total. The Hall–Kier alpha value is -1.24. The second-order valence-corrected chi connectivity index (χ2v) is 6.13. The van der Waals surface area contributed by atoms with Crippen molar-refractivity contribution in [1.29, 1.82) is 5.26 Å². The molecule has 1 N–H and O–H groups in total. The van der Waals surface area contributed by atoms with E-state index < -0.39 is 0 Å². The van der Waals surface area contributed by atoms with Crippen LogP contribution in [0, 0.1) is 29.1 Å². The molecule has 1 aliphatic carbocycles. The van der Waals surface area contributed by atoms with Gasteiger partial charge in [0.15, 0.2) is 0 Å². The Labute approximate surface area is 133 Å². The molecule has 1 saturated heterocycles. The Balaban J connectivity index is 0.00000161. The molecule has 2 aliphatic rings. The molecule has 1 heterocycles. The van der Waals surface area contributed by atoms with Crippen LogP contribution in [0.3, 0.4) is 0 Å². The number of nitriles is 1. The number of methoxy groups -OCH3 is 1. The lowest BCUT2D eigenvalue weighted by molar-refractivity contribution is 0.191. The number of rotatable bonds is 3. The number of fused-ring (bicyclic) bond motifs is 1. The molecule has 3 rings (SSSR count). The molecule has 1 aliphatic heterocycles. The third-order valence-corrected chi connectivity index (χ3v) is 5.05. The minimum absolute atomic E-state index is 0. The van der Waals surface area contributed by atoms with Crippen LogP contribution in [0.25, 0.3) is 0 Å². The van der Waals surface area contributed by atoms with Crippen molar-refractivity contribution in [2.24, 2.45) is 17.8 Å². The molecule has 21 heavy (non-hydrogen) atoms. The molecule has 1 saturated carbocycles. The standard InChI is InChI=1S/C17H22N2O.ClH/c1-20-17-5-3-2-4-14(17)15-9-12(6-7-18)8-13-10-19-11-16(13)15;/h2-5,12-13,15-16,19H,6,8-11H2,1H3;1H/t12-,13+,15-,16-;/m1./s1. The van der Waals surface area contributed by atoms with Gasteiger partial charge >= 0.3 is 0 Å². The van der Waals surface area contributed by atoms with E-state index in [1.54, 1.807) is 7.11 Å². The van der Waals surface area contributed by atoms with Gasteiger partial charge < -0.3 is 10.1 Å². The predicted molar refractivity (Wildman–Crippen MR) is 85.8 cm³/mol. The first-order chi connectivity index (χ1) is 9.83. The predicted octanol–water partition coefficient (Wildman–Crippen LogP) is 3.36. The van der Waals surface area contributed by atoms with Gasteiger partial charge in [-0.3, -0.25) is 0 Å². The van der Waals surface area contributed by atoms with E-state index in [0.29, 0.717) is 24.2 Å². The molecule has 114 valence electrons. The fourth-order valence-electron chi connectivity index (χ4n) is 4.17. The topological polar surface area (TPSA) is 45.0 Å². The summed E-state index contributed by atoms with van der Waals surface area (Å²) in [5.41, 5.74) is 1.33. The highest BCUT2D eigenvalue weighted by Gasteiger charge is 2.41. The number of para-hydroxylation sites is 1. The molecule has 0 aromatic heterocycles. The van der Waals surface area contributed by atoms with Crippen molar-refractivity contribution in [3.63, 3.8) is 0 Å². The van der Waals surface area contributed by atoms with Gasteiger partial charge in [0.1, 0.15) is 5.75 Å². The van der Waals surface area contributed by atoms with E-state index in [-0.39, 0.29) is 12.4 Å². The van der Waals surface area contributed by atoms with Gasteiger partial charge in [0.25, 0.3) is 0 Å². The summed E-state index contributed by atoms with van der Waals surface area (Å²) in [5, 5.41) is 12.6. The number of hydrogen-bond acceptors (Lipinski definition) is 3. The molecule has 4 atom stereocenters. The summed E-state index contributed by atoms with van der Waals surface area (Å²) in [5.74, 6) is 3.48. The molecular weight excluding hydrogens is 284 g/mol. The number of nitrogens with one attached hydrogen (secondary N) is 1. The van der Waals surface area contributed by atoms with E-state index in [9.17, 15) is 0 Å². The first-order valence-corrected chi connectivity index (χ1v) is 7.54. The number of nitrogens with zero attached hydrogens (tertiary/aromatic N) is 1. The molecule has 2 fully saturated rings. The zero-order valence-electron chi connectivity index (χ0n) is 12.4. The Morgan fingerprint density at radius 3 is 2.86 bits per heavy atom. The molecule has 4 heteroatoms. The van der Waals surface area contributed by atoms with Gasteiger partial charge in [0, 0.05) is 6.42 Å². The maximum atomic E-state index is 9.03. The highest BCUT2D eigenvalue weighted by Crippen LogP contribution is 2.48. The lowest BCUT2D eigenvalue weighted by atomic mass is 9.66. The third-order valence-electron chi connectivity index (χ3n) is 5.05. The Bertz CT molecular complexity index is 514. The third kappa shape index (κ3) is 3.17. The van der Waals surface area contributed by atoms with E-state index in [0.717, 1.165) is 31.2 Å². The summed E-state index contributed by atoms with van der Waals surface area (Å²) in [6, 6.07) is 10.8. The van der Waals surface area contributed by atoms with E-state index in [2.05, 4.69) is 29.6 Å². The quantitative estimate of drug-likeness (QED) is 0.931. The lowest BCUT2D eigenvalue weighted by Crippen LogP contribution is -2.30. The maximum Gasteiger partial charge on any atom is 0.122 e. The number of halogens is 1. The Morgan fingerprint density at radius 2 is 2.10 bits per heavy atom. The van der Waals surface area contributed by atoms with Crippen LogP contribution in [0.5, 0.6) is 5.75 Å². The first kappa shape index (κ1) is 16.1. The van der Waals surface area contributed by atoms with Crippen LogP contribution >= 0.6 is 12.4 Å². The van der Waals surface area contributed by atoms with Gasteiger partial charge in [-0.25, -0.2) is 0 Å². The van der Waals surface area contributed by atoms with Crippen LogP contribution in [0.1, 0.15) is 30.7 Å². The van der Waals surface area contributed by atoms with Crippen LogP contribution < -0.4 is 10.1 Å². The maximum absolute atomic E-state index is 9.03. The van der Waals surface area contributed by atoms with Crippen molar-refractivity contribution in [2.45, 2.75) is 25.2 Å². The monoisotopic (exact) mass is 306 g/mol. The Kier molecular flexibility index (Phi) is 5.50. The van der Waals surface area contributed by atoms with Crippen LogP contribution in [0.4, 0.5) is 0 Å². The highest BCUT2D eigenvalue weighted by atomic mass is 35.5. The van der Waals surface area contributed by atoms with E-state index in [4.69, 9.17) is 10.00 Å². The van der Waals surface area contributed by atoms with Crippen molar-refractivity contribution in [1.82, 2.24) is 5.32 Å². The largest absolute Gasteiger partial charge is 0.496 e. The van der Waals surface area contributed by atoms with Crippen molar-refractivity contribution in [2.75, 3.05) is 20.2 Å². The van der Waals surface area contributed by atoms with Crippen molar-refractivity contribution >= 4 is 12.4 Å². The van der Waals surface area contributed by atoms with Gasteiger partial charge in [-0.15, -0.1) is 12.4 Å². The molecule has 0 radical (unpaired) electrons. The smallest absolute Gasteiger partial charge is 0.122 e. The summed E-state index contributed by atoms with van der Waals surface area (Å²) in [6.07, 6.45) is 3.02. The number of benzene rings is 1. The Morgan fingerprint density at radius 1 is 1.29 bits per heavy atom. The first-order valence-electron chi connectivity index (χ1n) is 7.54. The zero-order valence-corrected chi connectivity index (χ0v) is 13.2. The molecule has 1 aromatic rings. The molecule has 1 aromatic carbocycles. The molecule has 0 amide bonds. The van der Waals surface area contributed by atoms with Crippen molar-refractivity contribution in [3.8, 4) is 11.8 Å². The average molecular weight is 307 g/mol. The minimum atomic E-state index is 0. The second-order valence-electron chi connectivity index (χ2n) is 6.13. The SMILES string of the molecule is COc1ccccc1[C@H]1C[C@H](CC#N)C[C@H]2CNC[C@H]21.Cl. The summed E-state index contributed by atoms with van der Waals surface area (Å²) >= 11 is 0. The van der Waals surface area contributed by atoms with Gasteiger partial charge in [0.2, 0.25) is 0 Å². The van der Waals surface area contributed by atoms with Gasteiger partial charge in [-0.05, 0) is 61.2 Å². The van der Waals surface area contributed by atoms with Crippen LogP contribution in [-0.4, -0.2) is 20.2 Å². The average Bonchev–Trinajstić information content (AvgIpc) is 2.95.